The largest absolute Gasteiger partial charge is 0.484 e. The number of ether oxygens (including phenoxy) is 2. The number of methoxy groups -OCH3 is 1. The highest BCUT2D eigenvalue weighted by atomic mass is 35.5. The molecule has 0 aliphatic heterocycles. The maximum atomic E-state index is 11.7. The Morgan fingerprint density at radius 2 is 1.95 bits per heavy atom. The standard InChI is InChI=1S/C12H13Cl2NO4/c1-15(6-12(17)18-2)11(16)7-19-8-3-4-9(13)10(14)5-8/h3-5H,6-7H2,1-2H3. The summed E-state index contributed by atoms with van der Waals surface area (Å²) in [6.07, 6.45) is 0. The molecular formula is C12H13Cl2NO4. The number of esters is 1. The van der Waals surface area contributed by atoms with Gasteiger partial charge in [0.1, 0.15) is 12.3 Å². The highest BCUT2D eigenvalue weighted by molar-refractivity contribution is 6.42. The fourth-order valence-electron chi connectivity index (χ4n) is 1.17. The maximum absolute atomic E-state index is 11.7. The summed E-state index contributed by atoms with van der Waals surface area (Å²) < 4.78 is 9.71. The number of carbonyl (C=O) groups is 2. The van der Waals surface area contributed by atoms with Gasteiger partial charge in [0.15, 0.2) is 6.61 Å². The summed E-state index contributed by atoms with van der Waals surface area (Å²) >= 11 is 11.6. The van der Waals surface area contributed by atoms with Crippen LogP contribution < -0.4 is 4.74 Å². The molecule has 0 bridgehead atoms. The molecule has 7 heteroatoms. The Morgan fingerprint density at radius 1 is 1.26 bits per heavy atom. The Hall–Kier alpha value is -1.46. The third kappa shape index (κ3) is 4.96. The highest BCUT2D eigenvalue weighted by Crippen LogP contribution is 2.26. The van der Waals surface area contributed by atoms with Crippen LogP contribution in [0.5, 0.6) is 5.75 Å². The van der Waals surface area contributed by atoms with Crippen molar-refractivity contribution in [2.24, 2.45) is 0 Å². The van der Waals surface area contributed by atoms with Gasteiger partial charge in [0.25, 0.3) is 5.91 Å². The Bertz CT molecular complexity index is 479. The first-order valence-corrected chi connectivity index (χ1v) is 6.08. The lowest BCUT2D eigenvalue weighted by molar-refractivity contribution is -0.146. The lowest BCUT2D eigenvalue weighted by Crippen LogP contribution is -2.35. The zero-order valence-electron chi connectivity index (χ0n) is 10.5. The first-order chi connectivity index (χ1) is 8.93. The van der Waals surface area contributed by atoms with Gasteiger partial charge >= 0.3 is 5.97 Å². The number of hydrogen-bond donors (Lipinski definition) is 0. The molecule has 19 heavy (non-hydrogen) atoms. The Balaban J connectivity index is 2.49. The fraction of sp³-hybridized carbons (Fsp3) is 0.333. The van der Waals surface area contributed by atoms with E-state index in [9.17, 15) is 9.59 Å². The maximum Gasteiger partial charge on any atom is 0.325 e. The summed E-state index contributed by atoms with van der Waals surface area (Å²) in [5.41, 5.74) is 0. The van der Waals surface area contributed by atoms with Crippen LogP contribution in [-0.2, 0) is 14.3 Å². The Morgan fingerprint density at radius 3 is 2.53 bits per heavy atom. The number of nitrogens with zero attached hydrogens (tertiary/aromatic N) is 1. The smallest absolute Gasteiger partial charge is 0.325 e. The normalized spacial score (nSPS) is 9.89. The molecule has 1 aromatic rings. The molecule has 0 atom stereocenters. The minimum atomic E-state index is -0.495. The number of halogens is 2. The number of rotatable bonds is 5. The summed E-state index contributed by atoms with van der Waals surface area (Å²) in [5, 5.41) is 0.748. The van der Waals surface area contributed by atoms with Crippen LogP contribution in [0.4, 0.5) is 0 Å². The minimum Gasteiger partial charge on any atom is -0.484 e. The number of benzene rings is 1. The average molecular weight is 306 g/mol. The van der Waals surface area contributed by atoms with E-state index in [0.29, 0.717) is 15.8 Å². The molecule has 0 radical (unpaired) electrons. The van der Waals surface area contributed by atoms with Crippen molar-refractivity contribution in [2.75, 3.05) is 27.3 Å². The third-order valence-corrected chi connectivity index (χ3v) is 3.01. The van der Waals surface area contributed by atoms with Gasteiger partial charge in [-0.3, -0.25) is 9.59 Å². The topological polar surface area (TPSA) is 55.8 Å². The molecule has 0 saturated heterocycles. The van der Waals surface area contributed by atoms with Crippen LogP contribution in [0.15, 0.2) is 18.2 Å². The Kier molecular flexibility index (Phi) is 5.92. The third-order valence-electron chi connectivity index (χ3n) is 2.27. The lowest BCUT2D eigenvalue weighted by atomic mass is 10.3. The highest BCUT2D eigenvalue weighted by Gasteiger charge is 2.13. The van der Waals surface area contributed by atoms with Crippen molar-refractivity contribution >= 4 is 35.1 Å². The van der Waals surface area contributed by atoms with E-state index < -0.39 is 5.97 Å². The van der Waals surface area contributed by atoms with Crippen LogP contribution in [0.1, 0.15) is 0 Å². The molecule has 0 heterocycles. The van der Waals surface area contributed by atoms with Gasteiger partial charge in [0.2, 0.25) is 0 Å². The molecular weight excluding hydrogens is 293 g/mol. The summed E-state index contributed by atoms with van der Waals surface area (Å²) in [5.74, 6) is -0.420. The van der Waals surface area contributed by atoms with Crippen molar-refractivity contribution in [1.29, 1.82) is 0 Å². The second-order valence-electron chi connectivity index (χ2n) is 3.69. The van der Waals surface area contributed by atoms with E-state index in [0.717, 1.165) is 0 Å². The number of carbonyl (C=O) groups excluding carboxylic acids is 2. The predicted octanol–water partition coefficient (Wildman–Crippen LogP) is 2.00. The molecule has 0 fully saturated rings. The van der Waals surface area contributed by atoms with E-state index in [2.05, 4.69) is 4.74 Å². The molecule has 0 aromatic heterocycles. The zero-order chi connectivity index (χ0) is 14.4. The average Bonchev–Trinajstić information content (AvgIpc) is 2.39. The first kappa shape index (κ1) is 15.6. The summed E-state index contributed by atoms with van der Waals surface area (Å²) in [6.45, 7) is -0.328. The molecule has 0 unspecified atom stereocenters. The van der Waals surface area contributed by atoms with E-state index in [1.165, 1.54) is 25.1 Å². The van der Waals surface area contributed by atoms with Crippen molar-refractivity contribution in [3.8, 4) is 5.75 Å². The SMILES string of the molecule is COC(=O)CN(C)C(=O)COc1ccc(Cl)c(Cl)c1. The molecule has 0 saturated carbocycles. The van der Waals surface area contributed by atoms with Crippen molar-refractivity contribution < 1.29 is 19.1 Å². The lowest BCUT2D eigenvalue weighted by Gasteiger charge is -2.16. The molecule has 0 spiro atoms. The molecule has 104 valence electrons. The van der Waals surface area contributed by atoms with Gasteiger partial charge in [-0.25, -0.2) is 0 Å². The van der Waals surface area contributed by atoms with Crippen molar-refractivity contribution in [3.05, 3.63) is 28.2 Å². The monoisotopic (exact) mass is 305 g/mol. The summed E-state index contributed by atoms with van der Waals surface area (Å²) in [4.78, 5) is 23.9. The van der Waals surface area contributed by atoms with Gasteiger partial charge in [-0.15, -0.1) is 0 Å². The van der Waals surface area contributed by atoms with Crippen LogP contribution in [0, 0.1) is 0 Å². The minimum absolute atomic E-state index is 0.125. The first-order valence-electron chi connectivity index (χ1n) is 5.32. The molecule has 1 aromatic carbocycles. The second kappa shape index (κ2) is 7.21. The van der Waals surface area contributed by atoms with Crippen molar-refractivity contribution in [3.63, 3.8) is 0 Å². The second-order valence-corrected chi connectivity index (χ2v) is 4.50. The van der Waals surface area contributed by atoms with Crippen LogP contribution in [0.3, 0.4) is 0 Å². The number of likely N-dealkylation sites (N-methyl/N-ethyl adjacent to an activating group) is 1. The van der Waals surface area contributed by atoms with E-state index in [1.54, 1.807) is 12.1 Å². The number of hydrogen-bond acceptors (Lipinski definition) is 4. The van der Waals surface area contributed by atoms with E-state index in [4.69, 9.17) is 27.9 Å². The summed E-state index contributed by atoms with van der Waals surface area (Å²) in [6, 6.07) is 4.68. The fourth-order valence-corrected chi connectivity index (χ4v) is 1.46. The van der Waals surface area contributed by atoms with Crippen LogP contribution in [0.2, 0.25) is 10.0 Å². The van der Waals surface area contributed by atoms with Crippen LogP contribution in [0.25, 0.3) is 0 Å². The molecule has 0 aliphatic carbocycles. The van der Waals surface area contributed by atoms with Crippen molar-refractivity contribution in [1.82, 2.24) is 4.90 Å². The summed E-state index contributed by atoms with van der Waals surface area (Å²) in [7, 11) is 2.74. The van der Waals surface area contributed by atoms with Gasteiger partial charge in [-0.2, -0.15) is 0 Å². The van der Waals surface area contributed by atoms with Crippen molar-refractivity contribution in [2.45, 2.75) is 0 Å². The van der Waals surface area contributed by atoms with E-state index in [1.807, 2.05) is 0 Å². The molecule has 1 rings (SSSR count). The predicted molar refractivity (Wildman–Crippen MR) is 71.6 cm³/mol. The van der Waals surface area contributed by atoms with Gasteiger partial charge < -0.3 is 14.4 Å². The van der Waals surface area contributed by atoms with Gasteiger partial charge in [-0.05, 0) is 12.1 Å². The van der Waals surface area contributed by atoms with E-state index >= 15 is 0 Å². The molecule has 0 aliphatic rings. The van der Waals surface area contributed by atoms with E-state index in [-0.39, 0.29) is 19.1 Å². The number of amides is 1. The van der Waals surface area contributed by atoms with Crippen LogP contribution >= 0.6 is 23.2 Å². The molecule has 1 amide bonds. The Labute approximate surface area is 121 Å². The molecule has 0 N–H and O–H groups in total. The quantitative estimate of drug-likeness (QED) is 0.781. The zero-order valence-corrected chi connectivity index (χ0v) is 12.0. The van der Waals surface area contributed by atoms with Crippen LogP contribution in [-0.4, -0.2) is 44.1 Å². The molecule has 5 nitrogen and oxygen atoms in total. The van der Waals surface area contributed by atoms with Gasteiger partial charge in [0.05, 0.1) is 17.2 Å². The van der Waals surface area contributed by atoms with Gasteiger partial charge in [-0.1, -0.05) is 23.2 Å². The van der Waals surface area contributed by atoms with Gasteiger partial charge in [0, 0.05) is 13.1 Å².